The maximum atomic E-state index is 11.7. The highest BCUT2D eigenvalue weighted by molar-refractivity contribution is 7.10. The minimum Gasteiger partial charge on any atom is -0.494 e. The number of amides is 1. The number of nitrogens with one attached hydrogen (secondary N) is 1. The standard InChI is InChI=1S/C16H19NO3S/c1-2-19-13-5-7-14(8-6-13)20-10-9-17-16(18)12-15-4-3-11-21-15/h3-8,11H,2,9-10,12H2,1H3,(H,17,18). The van der Waals surface area contributed by atoms with Gasteiger partial charge in [0.25, 0.3) is 0 Å². The third kappa shape index (κ3) is 5.47. The molecule has 4 nitrogen and oxygen atoms in total. The first-order valence-electron chi connectivity index (χ1n) is 6.92. The Morgan fingerprint density at radius 1 is 1.14 bits per heavy atom. The molecule has 1 heterocycles. The maximum absolute atomic E-state index is 11.7. The van der Waals surface area contributed by atoms with Crippen molar-refractivity contribution in [2.24, 2.45) is 0 Å². The van der Waals surface area contributed by atoms with Crippen LogP contribution in [0.15, 0.2) is 41.8 Å². The highest BCUT2D eigenvalue weighted by Gasteiger charge is 2.03. The maximum Gasteiger partial charge on any atom is 0.225 e. The molecule has 1 aromatic heterocycles. The van der Waals surface area contributed by atoms with E-state index in [-0.39, 0.29) is 5.91 Å². The number of ether oxygens (including phenoxy) is 2. The Morgan fingerprint density at radius 3 is 2.48 bits per heavy atom. The Labute approximate surface area is 128 Å². The number of rotatable bonds is 8. The summed E-state index contributed by atoms with van der Waals surface area (Å²) in [7, 11) is 0. The number of carbonyl (C=O) groups excluding carboxylic acids is 1. The minimum atomic E-state index is 0.0211. The van der Waals surface area contributed by atoms with Gasteiger partial charge in [-0.2, -0.15) is 0 Å². The van der Waals surface area contributed by atoms with Crippen LogP contribution in [0.5, 0.6) is 11.5 Å². The lowest BCUT2D eigenvalue weighted by atomic mass is 10.3. The fourth-order valence-electron chi connectivity index (χ4n) is 1.79. The zero-order chi connectivity index (χ0) is 14.9. The fourth-order valence-corrected chi connectivity index (χ4v) is 2.50. The van der Waals surface area contributed by atoms with Crippen LogP contribution in [0.1, 0.15) is 11.8 Å². The van der Waals surface area contributed by atoms with Crippen molar-refractivity contribution in [3.8, 4) is 11.5 Å². The van der Waals surface area contributed by atoms with E-state index in [1.807, 2.05) is 48.7 Å². The Balaban J connectivity index is 1.63. The molecule has 0 fully saturated rings. The van der Waals surface area contributed by atoms with Crippen molar-refractivity contribution in [3.63, 3.8) is 0 Å². The van der Waals surface area contributed by atoms with E-state index in [4.69, 9.17) is 9.47 Å². The molecule has 0 spiro atoms. The number of benzene rings is 1. The summed E-state index contributed by atoms with van der Waals surface area (Å²) >= 11 is 1.59. The van der Waals surface area contributed by atoms with Crippen LogP contribution in [0.2, 0.25) is 0 Å². The van der Waals surface area contributed by atoms with Gasteiger partial charge < -0.3 is 14.8 Å². The Morgan fingerprint density at radius 2 is 1.86 bits per heavy atom. The predicted molar refractivity (Wildman–Crippen MR) is 84.1 cm³/mol. The lowest BCUT2D eigenvalue weighted by Gasteiger charge is -2.08. The number of hydrogen-bond acceptors (Lipinski definition) is 4. The molecular weight excluding hydrogens is 286 g/mol. The van der Waals surface area contributed by atoms with Crippen LogP contribution >= 0.6 is 11.3 Å². The molecule has 5 heteroatoms. The van der Waals surface area contributed by atoms with Crippen molar-refractivity contribution in [3.05, 3.63) is 46.7 Å². The molecule has 112 valence electrons. The van der Waals surface area contributed by atoms with Crippen LogP contribution < -0.4 is 14.8 Å². The van der Waals surface area contributed by atoms with Crippen LogP contribution in [-0.2, 0) is 11.2 Å². The van der Waals surface area contributed by atoms with Crippen molar-refractivity contribution in [2.45, 2.75) is 13.3 Å². The normalized spacial score (nSPS) is 10.1. The minimum absolute atomic E-state index is 0.0211. The average Bonchev–Trinajstić information content (AvgIpc) is 2.98. The molecule has 0 aliphatic rings. The van der Waals surface area contributed by atoms with Gasteiger partial charge in [-0.1, -0.05) is 6.07 Å². The summed E-state index contributed by atoms with van der Waals surface area (Å²) in [5.41, 5.74) is 0. The van der Waals surface area contributed by atoms with E-state index in [0.717, 1.165) is 16.4 Å². The average molecular weight is 305 g/mol. The molecule has 0 aliphatic carbocycles. The first-order valence-corrected chi connectivity index (χ1v) is 7.80. The Bertz CT molecular complexity index is 537. The monoisotopic (exact) mass is 305 g/mol. The highest BCUT2D eigenvalue weighted by atomic mass is 32.1. The van der Waals surface area contributed by atoms with Crippen molar-refractivity contribution in [2.75, 3.05) is 19.8 Å². The van der Waals surface area contributed by atoms with Gasteiger partial charge in [0.05, 0.1) is 19.6 Å². The topological polar surface area (TPSA) is 47.6 Å². The number of carbonyl (C=O) groups is 1. The molecule has 0 aliphatic heterocycles. The Hall–Kier alpha value is -2.01. The van der Waals surface area contributed by atoms with E-state index >= 15 is 0 Å². The highest BCUT2D eigenvalue weighted by Crippen LogP contribution is 2.17. The fraction of sp³-hybridized carbons (Fsp3) is 0.312. The van der Waals surface area contributed by atoms with E-state index in [1.54, 1.807) is 11.3 Å². The lowest BCUT2D eigenvalue weighted by Crippen LogP contribution is -2.29. The molecule has 1 aromatic carbocycles. The smallest absolute Gasteiger partial charge is 0.225 e. The third-order valence-corrected chi connectivity index (χ3v) is 3.62. The van der Waals surface area contributed by atoms with Gasteiger partial charge in [0, 0.05) is 4.88 Å². The van der Waals surface area contributed by atoms with E-state index in [1.165, 1.54) is 0 Å². The van der Waals surface area contributed by atoms with Gasteiger partial charge >= 0.3 is 0 Å². The largest absolute Gasteiger partial charge is 0.494 e. The SMILES string of the molecule is CCOc1ccc(OCCNC(=O)Cc2cccs2)cc1. The van der Waals surface area contributed by atoms with Crippen molar-refractivity contribution >= 4 is 17.2 Å². The van der Waals surface area contributed by atoms with E-state index in [2.05, 4.69) is 5.32 Å². The van der Waals surface area contributed by atoms with E-state index < -0.39 is 0 Å². The molecule has 0 radical (unpaired) electrons. The van der Waals surface area contributed by atoms with Crippen LogP contribution in [0.25, 0.3) is 0 Å². The number of thiophene rings is 1. The molecule has 1 N–H and O–H groups in total. The molecular formula is C16H19NO3S. The molecule has 0 bridgehead atoms. The van der Waals surface area contributed by atoms with E-state index in [0.29, 0.717) is 26.2 Å². The lowest BCUT2D eigenvalue weighted by molar-refractivity contribution is -0.120. The van der Waals surface area contributed by atoms with Crippen LogP contribution in [0.4, 0.5) is 0 Å². The van der Waals surface area contributed by atoms with Crippen molar-refractivity contribution in [1.29, 1.82) is 0 Å². The molecule has 0 saturated carbocycles. The van der Waals surface area contributed by atoms with Gasteiger partial charge in [0.15, 0.2) is 0 Å². The summed E-state index contributed by atoms with van der Waals surface area (Å²) < 4.78 is 10.9. The van der Waals surface area contributed by atoms with Crippen LogP contribution in [-0.4, -0.2) is 25.7 Å². The zero-order valence-electron chi connectivity index (χ0n) is 12.0. The van der Waals surface area contributed by atoms with Gasteiger partial charge in [0.1, 0.15) is 18.1 Å². The second-order valence-corrected chi connectivity index (χ2v) is 5.39. The van der Waals surface area contributed by atoms with Crippen LogP contribution in [0.3, 0.4) is 0 Å². The van der Waals surface area contributed by atoms with Crippen molar-refractivity contribution < 1.29 is 14.3 Å². The molecule has 2 aromatic rings. The van der Waals surface area contributed by atoms with Crippen LogP contribution in [0, 0.1) is 0 Å². The quantitative estimate of drug-likeness (QED) is 0.763. The third-order valence-electron chi connectivity index (χ3n) is 2.74. The summed E-state index contributed by atoms with van der Waals surface area (Å²) in [6, 6.07) is 11.4. The molecule has 21 heavy (non-hydrogen) atoms. The molecule has 1 amide bonds. The molecule has 0 atom stereocenters. The van der Waals surface area contributed by atoms with Gasteiger partial charge in [-0.15, -0.1) is 11.3 Å². The summed E-state index contributed by atoms with van der Waals surface area (Å²) in [6.07, 6.45) is 0.431. The van der Waals surface area contributed by atoms with Gasteiger partial charge in [-0.05, 0) is 42.6 Å². The van der Waals surface area contributed by atoms with Gasteiger partial charge in [-0.3, -0.25) is 4.79 Å². The second kappa shape index (κ2) is 8.32. The Kier molecular flexibility index (Phi) is 6.09. The second-order valence-electron chi connectivity index (χ2n) is 4.36. The first-order chi connectivity index (χ1) is 10.3. The molecule has 0 saturated heterocycles. The van der Waals surface area contributed by atoms with Gasteiger partial charge in [0.2, 0.25) is 5.91 Å². The number of hydrogen-bond donors (Lipinski definition) is 1. The zero-order valence-corrected chi connectivity index (χ0v) is 12.8. The summed E-state index contributed by atoms with van der Waals surface area (Å²) in [5, 5.41) is 4.81. The van der Waals surface area contributed by atoms with Crippen molar-refractivity contribution in [1.82, 2.24) is 5.32 Å². The van der Waals surface area contributed by atoms with E-state index in [9.17, 15) is 4.79 Å². The predicted octanol–water partition coefficient (Wildman–Crippen LogP) is 2.88. The first kappa shape index (κ1) is 15.4. The summed E-state index contributed by atoms with van der Waals surface area (Å²) in [6.45, 7) is 3.54. The molecule has 0 unspecified atom stereocenters. The molecule has 2 rings (SSSR count). The summed E-state index contributed by atoms with van der Waals surface area (Å²) in [5.74, 6) is 1.62. The van der Waals surface area contributed by atoms with Gasteiger partial charge in [-0.25, -0.2) is 0 Å². The summed E-state index contributed by atoms with van der Waals surface area (Å²) in [4.78, 5) is 12.7.